The van der Waals surface area contributed by atoms with Crippen LogP contribution in [0, 0.1) is 11.3 Å². The number of hydrogen-bond donors (Lipinski definition) is 0. The summed E-state index contributed by atoms with van der Waals surface area (Å²) in [4.78, 5) is 0. The maximum absolute atomic E-state index is 5.99. The first-order chi connectivity index (χ1) is 6.52. The molecule has 0 radical (unpaired) electrons. The van der Waals surface area contributed by atoms with Gasteiger partial charge in [-0.2, -0.15) is 0 Å². The molecular weight excluding hydrogens is 192 g/mol. The lowest BCUT2D eigenvalue weighted by Gasteiger charge is -2.29. The maximum Gasteiger partial charge on any atom is 0.0256 e. The van der Waals surface area contributed by atoms with E-state index in [0.29, 0.717) is 11.3 Å². The van der Waals surface area contributed by atoms with E-state index in [4.69, 9.17) is 11.6 Å². The molecule has 0 N–H and O–H groups in total. The van der Waals surface area contributed by atoms with Crippen molar-refractivity contribution < 1.29 is 0 Å². The number of unbranched alkanes of at least 4 members (excludes halogenated alkanes) is 4. The second kappa shape index (κ2) is 7.56. The molecule has 0 saturated heterocycles. The minimum Gasteiger partial charge on any atom is -0.126 e. The molecular formula is C13H27Cl. The molecule has 0 aromatic heterocycles. The van der Waals surface area contributed by atoms with Gasteiger partial charge in [0.05, 0.1) is 0 Å². The molecule has 0 saturated carbocycles. The summed E-state index contributed by atoms with van der Waals surface area (Å²) in [5.41, 5.74) is 0.381. The Morgan fingerprint density at radius 1 is 1.00 bits per heavy atom. The first kappa shape index (κ1) is 14.3. The first-order valence-electron chi connectivity index (χ1n) is 6.08. The van der Waals surface area contributed by atoms with Crippen molar-refractivity contribution in [3.05, 3.63) is 0 Å². The van der Waals surface area contributed by atoms with E-state index in [9.17, 15) is 0 Å². The Labute approximate surface area is 95.4 Å². The molecule has 0 fully saturated rings. The van der Waals surface area contributed by atoms with Crippen LogP contribution in [-0.2, 0) is 0 Å². The van der Waals surface area contributed by atoms with Gasteiger partial charge in [0.15, 0.2) is 0 Å². The highest BCUT2D eigenvalue weighted by Crippen LogP contribution is 2.31. The topological polar surface area (TPSA) is 0 Å². The van der Waals surface area contributed by atoms with Gasteiger partial charge in [-0.15, -0.1) is 11.6 Å². The quantitative estimate of drug-likeness (QED) is 0.405. The Morgan fingerprint density at radius 2 is 1.57 bits per heavy atom. The van der Waals surface area contributed by atoms with Crippen molar-refractivity contribution in [1.82, 2.24) is 0 Å². The van der Waals surface area contributed by atoms with E-state index in [2.05, 4.69) is 27.7 Å². The fourth-order valence-electron chi connectivity index (χ4n) is 1.74. The largest absolute Gasteiger partial charge is 0.126 e. The molecule has 0 rings (SSSR count). The molecule has 0 bridgehead atoms. The monoisotopic (exact) mass is 218 g/mol. The van der Waals surface area contributed by atoms with Gasteiger partial charge in [0, 0.05) is 5.88 Å². The maximum atomic E-state index is 5.99. The molecule has 1 atom stereocenters. The van der Waals surface area contributed by atoms with Crippen molar-refractivity contribution in [3.8, 4) is 0 Å². The number of alkyl halides is 1. The lowest BCUT2D eigenvalue weighted by molar-refractivity contribution is 0.244. The van der Waals surface area contributed by atoms with E-state index >= 15 is 0 Å². The second-order valence-electron chi connectivity index (χ2n) is 5.42. The third-order valence-electron chi connectivity index (χ3n) is 3.07. The number of rotatable bonds is 7. The van der Waals surface area contributed by atoms with E-state index in [0.717, 1.165) is 5.88 Å². The van der Waals surface area contributed by atoms with Crippen LogP contribution in [0.15, 0.2) is 0 Å². The summed E-state index contributed by atoms with van der Waals surface area (Å²) in [6, 6.07) is 0. The van der Waals surface area contributed by atoms with Crippen LogP contribution in [0.25, 0.3) is 0 Å². The lowest BCUT2D eigenvalue weighted by atomic mass is 9.79. The molecule has 1 heteroatoms. The number of hydrogen-bond acceptors (Lipinski definition) is 0. The molecule has 1 unspecified atom stereocenters. The molecule has 0 aliphatic heterocycles. The summed E-state index contributed by atoms with van der Waals surface area (Å²) in [5.74, 6) is 1.50. The van der Waals surface area contributed by atoms with Crippen LogP contribution in [-0.4, -0.2) is 5.88 Å². The van der Waals surface area contributed by atoms with Crippen molar-refractivity contribution >= 4 is 11.6 Å². The van der Waals surface area contributed by atoms with Crippen LogP contribution >= 0.6 is 11.6 Å². The molecule has 0 amide bonds. The molecule has 0 aromatic rings. The summed E-state index contributed by atoms with van der Waals surface area (Å²) in [5, 5.41) is 0. The average Bonchev–Trinajstić information content (AvgIpc) is 2.09. The molecule has 0 spiro atoms. The van der Waals surface area contributed by atoms with E-state index in [1.54, 1.807) is 0 Å². The van der Waals surface area contributed by atoms with Crippen LogP contribution in [0.2, 0.25) is 0 Å². The van der Waals surface area contributed by atoms with Crippen molar-refractivity contribution in [2.24, 2.45) is 11.3 Å². The average molecular weight is 219 g/mol. The smallest absolute Gasteiger partial charge is 0.0256 e. The highest BCUT2D eigenvalue weighted by Gasteiger charge is 2.22. The first-order valence-corrected chi connectivity index (χ1v) is 6.61. The summed E-state index contributed by atoms with van der Waals surface area (Å²) in [6.07, 6.45) is 8.16. The van der Waals surface area contributed by atoms with Crippen molar-refractivity contribution in [2.45, 2.75) is 66.2 Å². The van der Waals surface area contributed by atoms with Crippen LogP contribution < -0.4 is 0 Å². The van der Waals surface area contributed by atoms with Crippen LogP contribution in [0.3, 0.4) is 0 Å². The Bertz CT molecular complexity index is 124. The highest BCUT2D eigenvalue weighted by molar-refractivity contribution is 6.18. The zero-order valence-corrected chi connectivity index (χ0v) is 11.2. The fraction of sp³-hybridized carbons (Fsp3) is 1.00. The van der Waals surface area contributed by atoms with Crippen LogP contribution in [0.5, 0.6) is 0 Å². The van der Waals surface area contributed by atoms with Gasteiger partial charge in [0.1, 0.15) is 0 Å². The third kappa shape index (κ3) is 6.70. The summed E-state index contributed by atoms with van der Waals surface area (Å²) in [7, 11) is 0. The van der Waals surface area contributed by atoms with Gasteiger partial charge in [-0.25, -0.2) is 0 Å². The summed E-state index contributed by atoms with van der Waals surface area (Å²) in [6.45, 7) is 9.15. The van der Waals surface area contributed by atoms with Gasteiger partial charge in [0.2, 0.25) is 0 Å². The predicted octanol–water partition coefficient (Wildman–Crippen LogP) is 5.25. The Balaban J connectivity index is 3.54. The molecule has 0 aliphatic rings. The molecule has 86 valence electrons. The Hall–Kier alpha value is 0.290. The Morgan fingerprint density at radius 3 is 2.00 bits per heavy atom. The fourth-order valence-corrected chi connectivity index (χ4v) is 2.35. The minimum atomic E-state index is 0.381. The van der Waals surface area contributed by atoms with Crippen molar-refractivity contribution in [3.63, 3.8) is 0 Å². The number of halogens is 1. The summed E-state index contributed by atoms with van der Waals surface area (Å²) < 4.78 is 0. The van der Waals surface area contributed by atoms with Crippen LogP contribution in [0.4, 0.5) is 0 Å². The van der Waals surface area contributed by atoms with Gasteiger partial charge < -0.3 is 0 Å². The van der Waals surface area contributed by atoms with Gasteiger partial charge >= 0.3 is 0 Å². The molecule has 0 nitrogen and oxygen atoms in total. The van der Waals surface area contributed by atoms with E-state index < -0.39 is 0 Å². The van der Waals surface area contributed by atoms with Gasteiger partial charge in [-0.1, -0.05) is 59.8 Å². The predicted molar refractivity (Wildman–Crippen MR) is 67.0 cm³/mol. The molecule has 14 heavy (non-hydrogen) atoms. The third-order valence-corrected chi connectivity index (χ3v) is 3.44. The van der Waals surface area contributed by atoms with E-state index in [1.807, 2.05) is 0 Å². The van der Waals surface area contributed by atoms with E-state index in [-0.39, 0.29) is 0 Å². The second-order valence-corrected chi connectivity index (χ2v) is 5.73. The zero-order chi connectivity index (χ0) is 11.0. The SMILES string of the molecule is CCCCCCCC(CCl)C(C)(C)C. The lowest BCUT2D eigenvalue weighted by Crippen LogP contribution is -2.21. The molecule has 0 aliphatic carbocycles. The van der Waals surface area contributed by atoms with Crippen molar-refractivity contribution in [2.75, 3.05) is 5.88 Å². The molecule has 0 aromatic carbocycles. The Kier molecular flexibility index (Phi) is 7.72. The molecule has 0 heterocycles. The highest BCUT2D eigenvalue weighted by atomic mass is 35.5. The van der Waals surface area contributed by atoms with Gasteiger partial charge in [-0.05, 0) is 17.8 Å². The van der Waals surface area contributed by atoms with Crippen molar-refractivity contribution in [1.29, 1.82) is 0 Å². The van der Waals surface area contributed by atoms with Gasteiger partial charge in [0.25, 0.3) is 0 Å². The zero-order valence-electron chi connectivity index (χ0n) is 10.4. The summed E-state index contributed by atoms with van der Waals surface area (Å²) >= 11 is 5.99. The van der Waals surface area contributed by atoms with E-state index in [1.165, 1.54) is 38.5 Å². The van der Waals surface area contributed by atoms with Crippen LogP contribution in [0.1, 0.15) is 66.2 Å². The standard InChI is InChI=1S/C13H27Cl/c1-5-6-7-8-9-10-12(11-14)13(2,3)4/h12H,5-11H2,1-4H3. The minimum absolute atomic E-state index is 0.381. The van der Waals surface area contributed by atoms with Gasteiger partial charge in [-0.3, -0.25) is 0 Å². The normalized spacial score (nSPS) is 14.4.